The second-order valence-corrected chi connectivity index (χ2v) is 7.09. The molecule has 1 aromatic heterocycles. The minimum atomic E-state index is -1.03. The van der Waals surface area contributed by atoms with Crippen molar-refractivity contribution in [3.63, 3.8) is 0 Å². The standard InChI is InChI=1S/C18H23N3O4S/c22-18(23)20-13-16-12-19-17(26-16)14-2-4-15(5-3-14)25-9-1-6-21-7-10-24-11-8-21/h2-5,12,20H,1,6-11,13H2,(H,22,23). The molecule has 1 aromatic carbocycles. The lowest BCUT2D eigenvalue weighted by Crippen LogP contribution is -2.37. The van der Waals surface area contributed by atoms with E-state index in [1.807, 2.05) is 24.3 Å². The van der Waals surface area contributed by atoms with Crippen LogP contribution in [-0.2, 0) is 11.3 Å². The third-order valence-electron chi connectivity index (χ3n) is 4.06. The molecule has 0 spiro atoms. The molecule has 8 heteroatoms. The van der Waals surface area contributed by atoms with Crippen LogP contribution in [0.2, 0.25) is 0 Å². The van der Waals surface area contributed by atoms with Crippen LogP contribution in [0.1, 0.15) is 11.3 Å². The van der Waals surface area contributed by atoms with Gasteiger partial charge in [-0.25, -0.2) is 9.78 Å². The summed E-state index contributed by atoms with van der Waals surface area (Å²) in [6, 6.07) is 7.84. The molecule has 0 aliphatic carbocycles. The van der Waals surface area contributed by atoms with Crippen LogP contribution in [0.3, 0.4) is 0 Å². The van der Waals surface area contributed by atoms with E-state index in [9.17, 15) is 4.79 Å². The number of carboxylic acid groups (broad SMARTS) is 1. The number of morpholine rings is 1. The maximum atomic E-state index is 10.5. The summed E-state index contributed by atoms with van der Waals surface area (Å²) in [5, 5.41) is 11.9. The molecule has 26 heavy (non-hydrogen) atoms. The van der Waals surface area contributed by atoms with E-state index in [1.165, 1.54) is 11.3 Å². The van der Waals surface area contributed by atoms with Gasteiger partial charge in [0.1, 0.15) is 10.8 Å². The summed E-state index contributed by atoms with van der Waals surface area (Å²) in [7, 11) is 0. The minimum Gasteiger partial charge on any atom is -0.494 e. The van der Waals surface area contributed by atoms with Crippen molar-refractivity contribution in [1.29, 1.82) is 0 Å². The van der Waals surface area contributed by atoms with E-state index in [-0.39, 0.29) is 6.54 Å². The molecule has 1 aliphatic rings. The summed E-state index contributed by atoms with van der Waals surface area (Å²) in [4.78, 5) is 18.2. The number of nitrogens with one attached hydrogen (secondary N) is 1. The number of hydrogen-bond donors (Lipinski definition) is 2. The van der Waals surface area contributed by atoms with E-state index in [0.29, 0.717) is 6.61 Å². The average molecular weight is 377 g/mol. The Bertz CT molecular complexity index is 699. The number of thiazole rings is 1. The topological polar surface area (TPSA) is 83.9 Å². The summed E-state index contributed by atoms with van der Waals surface area (Å²) in [6.45, 7) is 5.67. The van der Waals surface area contributed by atoms with Crippen molar-refractivity contribution < 1.29 is 19.4 Å². The van der Waals surface area contributed by atoms with Crippen LogP contribution in [0.5, 0.6) is 5.75 Å². The molecule has 0 saturated carbocycles. The number of nitrogens with zero attached hydrogens (tertiary/aromatic N) is 2. The molecule has 2 N–H and O–H groups in total. The molecule has 1 saturated heterocycles. The Morgan fingerprint density at radius 2 is 2.08 bits per heavy atom. The van der Waals surface area contributed by atoms with Crippen molar-refractivity contribution in [2.45, 2.75) is 13.0 Å². The van der Waals surface area contributed by atoms with Crippen molar-refractivity contribution in [2.75, 3.05) is 39.5 Å². The Morgan fingerprint density at radius 1 is 1.31 bits per heavy atom. The quantitative estimate of drug-likeness (QED) is 0.688. The van der Waals surface area contributed by atoms with Crippen molar-refractivity contribution in [1.82, 2.24) is 15.2 Å². The third-order valence-corrected chi connectivity index (χ3v) is 5.11. The van der Waals surface area contributed by atoms with Crippen LogP contribution in [-0.4, -0.2) is 60.5 Å². The van der Waals surface area contributed by atoms with Crippen molar-refractivity contribution in [2.24, 2.45) is 0 Å². The largest absolute Gasteiger partial charge is 0.494 e. The summed E-state index contributed by atoms with van der Waals surface area (Å²) in [6.07, 6.45) is 1.66. The predicted octanol–water partition coefficient (Wildman–Crippen LogP) is 2.68. The first-order chi connectivity index (χ1) is 12.7. The normalized spacial score (nSPS) is 14.9. The highest BCUT2D eigenvalue weighted by molar-refractivity contribution is 7.15. The molecule has 2 heterocycles. The van der Waals surface area contributed by atoms with Crippen LogP contribution in [0.4, 0.5) is 4.79 Å². The number of carbonyl (C=O) groups is 1. The maximum Gasteiger partial charge on any atom is 0.404 e. The fraction of sp³-hybridized carbons (Fsp3) is 0.444. The highest BCUT2D eigenvalue weighted by Gasteiger charge is 2.09. The molecule has 3 rings (SSSR count). The Morgan fingerprint density at radius 3 is 2.81 bits per heavy atom. The average Bonchev–Trinajstić information content (AvgIpc) is 3.14. The molecule has 1 amide bonds. The molecule has 140 valence electrons. The first-order valence-corrected chi connectivity index (χ1v) is 9.47. The van der Waals surface area contributed by atoms with Gasteiger partial charge in [-0.05, 0) is 30.7 Å². The van der Waals surface area contributed by atoms with Gasteiger partial charge in [0, 0.05) is 36.3 Å². The zero-order valence-corrected chi connectivity index (χ0v) is 15.3. The monoisotopic (exact) mass is 377 g/mol. The van der Waals surface area contributed by atoms with Gasteiger partial charge in [-0.15, -0.1) is 11.3 Å². The lowest BCUT2D eigenvalue weighted by atomic mass is 10.2. The second-order valence-electron chi connectivity index (χ2n) is 5.97. The van der Waals surface area contributed by atoms with Crippen LogP contribution < -0.4 is 10.1 Å². The van der Waals surface area contributed by atoms with Gasteiger partial charge < -0.3 is 19.9 Å². The van der Waals surface area contributed by atoms with Gasteiger partial charge in [-0.1, -0.05) is 0 Å². The Hall–Kier alpha value is -2.16. The number of rotatable bonds is 8. The SMILES string of the molecule is O=C(O)NCc1cnc(-c2ccc(OCCCN3CCOCC3)cc2)s1. The number of benzene rings is 1. The molecule has 0 unspecified atom stereocenters. The first kappa shape index (κ1) is 18.6. The van der Waals surface area contributed by atoms with E-state index in [4.69, 9.17) is 14.6 Å². The Balaban J connectivity index is 1.43. The van der Waals surface area contributed by atoms with Gasteiger partial charge >= 0.3 is 6.09 Å². The fourth-order valence-electron chi connectivity index (χ4n) is 2.68. The van der Waals surface area contributed by atoms with E-state index < -0.39 is 6.09 Å². The number of aromatic nitrogens is 1. The van der Waals surface area contributed by atoms with Crippen LogP contribution in [0, 0.1) is 0 Å². The molecule has 1 fully saturated rings. The number of ether oxygens (including phenoxy) is 2. The predicted molar refractivity (Wildman–Crippen MR) is 99.8 cm³/mol. The van der Waals surface area contributed by atoms with Gasteiger partial charge in [0.25, 0.3) is 0 Å². The lowest BCUT2D eigenvalue weighted by Gasteiger charge is -2.26. The highest BCUT2D eigenvalue weighted by atomic mass is 32.1. The fourth-order valence-corrected chi connectivity index (χ4v) is 3.54. The maximum absolute atomic E-state index is 10.5. The summed E-state index contributed by atoms with van der Waals surface area (Å²) < 4.78 is 11.1. The van der Waals surface area contributed by atoms with Crippen molar-refractivity contribution in [3.05, 3.63) is 35.3 Å². The van der Waals surface area contributed by atoms with Crippen LogP contribution in [0.15, 0.2) is 30.5 Å². The van der Waals surface area contributed by atoms with Gasteiger partial charge in [0.15, 0.2) is 0 Å². The van der Waals surface area contributed by atoms with Gasteiger partial charge in [-0.3, -0.25) is 4.90 Å². The zero-order valence-electron chi connectivity index (χ0n) is 14.5. The summed E-state index contributed by atoms with van der Waals surface area (Å²) in [5.41, 5.74) is 0.997. The molecule has 0 atom stereocenters. The molecular formula is C18H23N3O4S. The molecule has 0 bridgehead atoms. The minimum absolute atomic E-state index is 0.275. The van der Waals surface area contributed by atoms with Gasteiger partial charge in [0.05, 0.1) is 26.4 Å². The zero-order chi connectivity index (χ0) is 18.2. The van der Waals surface area contributed by atoms with E-state index in [2.05, 4.69) is 15.2 Å². The van der Waals surface area contributed by atoms with E-state index >= 15 is 0 Å². The molecule has 7 nitrogen and oxygen atoms in total. The van der Waals surface area contributed by atoms with Crippen LogP contribution >= 0.6 is 11.3 Å². The Labute approximate surface area is 156 Å². The van der Waals surface area contributed by atoms with Crippen LogP contribution in [0.25, 0.3) is 10.6 Å². The summed E-state index contributed by atoms with van der Waals surface area (Å²) >= 11 is 1.48. The first-order valence-electron chi connectivity index (χ1n) is 8.65. The molecule has 1 aliphatic heterocycles. The van der Waals surface area contributed by atoms with Crippen molar-refractivity contribution >= 4 is 17.4 Å². The van der Waals surface area contributed by atoms with E-state index in [1.54, 1.807) is 6.20 Å². The smallest absolute Gasteiger partial charge is 0.404 e. The van der Waals surface area contributed by atoms with Crippen molar-refractivity contribution in [3.8, 4) is 16.3 Å². The molecule has 0 radical (unpaired) electrons. The van der Waals surface area contributed by atoms with Gasteiger partial charge in [0.2, 0.25) is 0 Å². The Kier molecular flexibility index (Phi) is 6.82. The molecule has 2 aromatic rings. The summed E-state index contributed by atoms with van der Waals surface area (Å²) in [5.74, 6) is 0.847. The molecular weight excluding hydrogens is 354 g/mol. The van der Waals surface area contributed by atoms with Gasteiger partial charge in [-0.2, -0.15) is 0 Å². The number of hydrogen-bond acceptors (Lipinski definition) is 6. The third kappa shape index (κ3) is 5.69. The van der Waals surface area contributed by atoms with E-state index in [0.717, 1.165) is 60.5 Å². The highest BCUT2D eigenvalue weighted by Crippen LogP contribution is 2.26. The lowest BCUT2D eigenvalue weighted by molar-refractivity contribution is 0.0358. The number of amides is 1. The second kappa shape index (κ2) is 9.51.